The summed E-state index contributed by atoms with van der Waals surface area (Å²) in [6.07, 6.45) is 1.57. The molecule has 1 aliphatic rings. The number of nitriles is 2. The molecule has 1 aromatic heterocycles. The van der Waals surface area contributed by atoms with Crippen LogP contribution in [-0.2, 0) is 12.8 Å². The van der Waals surface area contributed by atoms with Gasteiger partial charge < -0.3 is 0 Å². The van der Waals surface area contributed by atoms with Crippen LogP contribution in [0.3, 0.4) is 0 Å². The first-order chi connectivity index (χ1) is 9.26. The number of aromatic nitrogens is 1. The highest BCUT2D eigenvalue weighted by atomic mass is 35.5. The molecule has 3 nitrogen and oxygen atoms in total. The molecule has 0 spiro atoms. The summed E-state index contributed by atoms with van der Waals surface area (Å²) in [5.41, 5.74) is 4.33. The second kappa shape index (κ2) is 4.39. The van der Waals surface area contributed by atoms with Crippen molar-refractivity contribution in [1.82, 2.24) is 4.98 Å². The fraction of sp³-hybridized carbons (Fsp3) is 0.133. The third-order valence-corrected chi connectivity index (χ3v) is 3.67. The van der Waals surface area contributed by atoms with E-state index in [9.17, 15) is 5.26 Å². The summed E-state index contributed by atoms with van der Waals surface area (Å²) in [4.78, 5) is 4.33. The van der Waals surface area contributed by atoms with E-state index in [0.29, 0.717) is 12.0 Å². The number of benzene rings is 1. The van der Waals surface area contributed by atoms with Gasteiger partial charge in [-0.2, -0.15) is 10.5 Å². The van der Waals surface area contributed by atoms with E-state index in [4.69, 9.17) is 16.9 Å². The summed E-state index contributed by atoms with van der Waals surface area (Å²) in [6.45, 7) is 0. The molecule has 1 aromatic carbocycles. The molecular formula is C15H8ClN3. The molecule has 3 rings (SSSR count). The topological polar surface area (TPSA) is 60.5 Å². The van der Waals surface area contributed by atoms with Crippen LogP contribution in [0.2, 0.25) is 5.15 Å². The highest BCUT2D eigenvalue weighted by Gasteiger charge is 2.24. The van der Waals surface area contributed by atoms with Gasteiger partial charge in [0.1, 0.15) is 22.9 Å². The Balaban J connectivity index is 2.38. The van der Waals surface area contributed by atoms with E-state index in [2.05, 4.69) is 17.1 Å². The van der Waals surface area contributed by atoms with E-state index in [1.165, 1.54) is 5.56 Å². The summed E-state index contributed by atoms with van der Waals surface area (Å²) < 4.78 is 0. The minimum atomic E-state index is 0.106. The van der Waals surface area contributed by atoms with E-state index in [1.807, 2.05) is 24.3 Å². The van der Waals surface area contributed by atoms with Gasteiger partial charge in [-0.15, -0.1) is 0 Å². The number of aryl methyl sites for hydroxylation is 1. The Bertz CT molecular complexity index is 766. The normalized spacial score (nSPS) is 11.9. The third kappa shape index (κ3) is 1.68. The van der Waals surface area contributed by atoms with E-state index >= 15 is 0 Å². The quantitative estimate of drug-likeness (QED) is 0.687. The van der Waals surface area contributed by atoms with Crippen LogP contribution in [0.5, 0.6) is 0 Å². The number of rotatable bonds is 0. The van der Waals surface area contributed by atoms with Gasteiger partial charge in [0.05, 0.1) is 11.3 Å². The fourth-order valence-electron chi connectivity index (χ4n) is 2.51. The number of hydrogen-bond acceptors (Lipinski definition) is 3. The van der Waals surface area contributed by atoms with Crippen molar-refractivity contribution in [1.29, 1.82) is 10.5 Å². The molecule has 0 amide bonds. The predicted molar refractivity (Wildman–Crippen MR) is 71.5 cm³/mol. The van der Waals surface area contributed by atoms with Gasteiger partial charge >= 0.3 is 0 Å². The maximum Gasteiger partial charge on any atom is 0.148 e. The zero-order chi connectivity index (χ0) is 13.4. The Kier molecular flexibility index (Phi) is 2.71. The first-order valence-corrected chi connectivity index (χ1v) is 6.25. The van der Waals surface area contributed by atoms with Gasteiger partial charge in [-0.1, -0.05) is 35.9 Å². The lowest BCUT2D eigenvalue weighted by molar-refractivity contribution is 0.921. The highest BCUT2D eigenvalue weighted by molar-refractivity contribution is 6.30. The van der Waals surface area contributed by atoms with Gasteiger partial charge in [-0.3, -0.25) is 0 Å². The van der Waals surface area contributed by atoms with Crippen molar-refractivity contribution in [2.45, 2.75) is 12.8 Å². The average molecular weight is 266 g/mol. The van der Waals surface area contributed by atoms with Crippen LogP contribution in [0.4, 0.5) is 0 Å². The predicted octanol–water partition coefficient (Wildman–Crippen LogP) is 3.24. The summed E-state index contributed by atoms with van der Waals surface area (Å²) >= 11 is 6.03. The average Bonchev–Trinajstić information content (AvgIpc) is 2.45. The highest BCUT2D eigenvalue weighted by Crippen LogP contribution is 2.36. The number of hydrogen-bond donors (Lipinski definition) is 0. The van der Waals surface area contributed by atoms with Crippen LogP contribution in [-0.4, -0.2) is 4.98 Å². The minimum absolute atomic E-state index is 0.106. The molecule has 0 N–H and O–H groups in total. The van der Waals surface area contributed by atoms with Crippen molar-refractivity contribution in [3.63, 3.8) is 0 Å². The fourth-order valence-corrected chi connectivity index (χ4v) is 2.74. The molecule has 0 fully saturated rings. The lowest BCUT2D eigenvalue weighted by Gasteiger charge is -2.20. The second-order valence-electron chi connectivity index (χ2n) is 4.36. The van der Waals surface area contributed by atoms with E-state index in [0.717, 1.165) is 23.2 Å². The van der Waals surface area contributed by atoms with Gasteiger partial charge in [0.15, 0.2) is 0 Å². The molecule has 0 aliphatic heterocycles. The van der Waals surface area contributed by atoms with Gasteiger partial charge in [-0.25, -0.2) is 4.98 Å². The zero-order valence-corrected chi connectivity index (χ0v) is 10.7. The van der Waals surface area contributed by atoms with E-state index in [1.54, 1.807) is 0 Å². The maximum absolute atomic E-state index is 9.29. The Morgan fingerprint density at radius 2 is 1.79 bits per heavy atom. The van der Waals surface area contributed by atoms with E-state index in [-0.39, 0.29) is 10.7 Å². The Morgan fingerprint density at radius 1 is 1.05 bits per heavy atom. The molecule has 0 saturated heterocycles. The Hall–Kier alpha value is -2.36. The molecule has 0 bridgehead atoms. The van der Waals surface area contributed by atoms with Crippen LogP contribution in [0.25, 0.3) is 11.3 Å². The SMILES string of the molecule is N#Cc1c(Cl)nc2c(c1C#N)CCc1ccccc1-2. The lowest BCUT2D eigenvalue weighted by Crippen LogP contribution is -2.10. The van der Waals surface area contributed by atoms with Crippen LogP contribution in [0.15, 0.2) is 24.3 Å². The minimum Gasteiger partial charge on any atom is -0.234 e. The monoisotopic (exact) mass is 265 g/mol. The van der Waals surface area contributed by atoms with Gasteiger partial charge in [0.2, 0.25) is 0 Å². The van der Waals surface area contributed by atoms with Crippen molar-refractivity contribution in [3.8, 4) is 23.4 Å². The second-order valence-corrected chi connectivity index (χ2v) is 4.72. The third-order valence-electron chi connectivity index (χ3n) is 3.39. The van der Waals surface area contributed by atoms with Gasteiger partial charge in [0, 0.05) is 5.56 Å². The molecule has 1 heterocycles. The van der Waals surface area contributed by atoms with Crippen LogP contribution in [0.1, 0.15) is 22.3 Å². The zero-order valence-electron chi connectivity index (χ0n) is 9.94. The van der Waals surface area contributed by atoms with Crippen molar-refractivity contribution in [2.24, 2.45) is 0 Å². The van der Waals surface area contributed by atoms with Crippen molar-refractivity contribution in [3.05, 3.63) is 51.7 Å². The first-order valence-electron chi connectivity index (χ1n) is 5.87. The van der Waals surface area contributed by atoms with Crippen LogP contribution >= 0.6 is 11.6 Å². The van der Waals surface area contributed by atoms with Crippen molar-refractivity contribution >= 4 is 11.6 Å². The summed E-state index contributed by atoms with van der Waals surface area (Å²) in [5.74, 6) is 0. The molecule has 2 aromatic rings. The molecule has 90 valence electrons. The summed E-state index contributed by atoms with van der Waals surface area (Å²) in [5, 5.41) is 18.5. The largest absolute Gasteiger partial charge is 0.234 e. The number of fused-ring (bicyclic) bond motifs is 3. The molecule has 0 saturated carbocycles. The molecular weight excluding hydrogens is 258 g/mol. The molecule has 0 atom stereocenters. The van der Waals surface area contributed by atoms with E-state index < -0.39 is 0 Å². The van der Waals surface area contributed by atoms with Crippen LogP contribution < -0.4 is 0 Å². The van der Waals surface area contributed by atoms with Gasteiger partial charge in [-0.05, 0) is 24.0 Å². The lowest BCUT2D eigenvalue weighted by atomic mass is 9.86. The van der Waals surface area contributed by atoms with Crippen molar-refractivity contribution < 1.29 is 0 Å². The smallest absolute Gasteiger partial charge is 0.148 e. The Morgan fingerprint density at radius 3 is 2.53 bits per heavy atom. The number of nitrogens with zero attached hydrogens (tertiary/aromatic N) is 3. The molecule has 0 radical (unpaired) electrons. The molecule has 4 heteroatoms. The maximum atomic E-state index is 9.29. The molecule has 0 unspecified atom stereocenters. The standard InChI is InChI=1S/C15H8ClN3/c16-15-13(8-18)12(7-17)11-6-5-9-3-1-2-4-10(9)14(11)19-15/h1-4H,5-6H2. The number of halogens is 1. The Labute approximate surface area is 115 Å². The molecule has 19 heavy (non-hydrogen) atoms. The van der Waals surface area contributed by atoms with Crippen molar-refractivity contribution in [2.75, 3.05) is 0 Å². The van der Waals surface area contributed by atoms with Crippen LogP contribution in [0, 0.1) is 22.7 Å². The number of pyridine rings is 1. The summed E-state index contributed by atoms with van der Waals surface area (Å²) in [6, 6.07) is 12.0. The first kappa shape index (κ1) is 11.7. The van der Waals surface area contributed by atoms with Gasteiger partial charge in [0.25, 0.3) is 0 Å². The molecule has 1 aliphatic carbocycles. The summed E-state index contributed by atoms with van der Waals surface area (Å²) in [7, 11) is 0.